The van der Waals surface area contributed by atoms with E-state index < -0.39 is 10.0 Å². The van der Waals surface area contributed by atoms with Crippen LogP contribution in [0.5, 0.6) is 0 Å². The van der Waals surface area contributed by atoms with Crippen molar-refractivity contribution in [2.45, 2.75) is 18.7 Å². The summed E-state index contributed by atoms with van der Waals surface area (Å²) >= 11 is 7.55. The van der Waals surface area contributed by atoms with E-state index in [4.69, 9.17) is 17.3 Å². The summed E-state index contributed by atoms with van der Waals surface area (Å²) in [7, 11) is -3.57. The van der Waals surface area contributed by atoms with Crippen molar-refractivity contribution in [3.8, 4) is 0 Å². The van der Waals surface area contributed by atoms with Gasteiger partial charge in [0.05, 0.1) is 4.90 Å². The van der Waals surface area contributed by atoms with Gasteiger partial charge in [-0.05, 0) is 42.5 Å². The predicted molar refractivity (Wildman–Crippen MR) is 83.3 cm³/mol. The van der Waals surface area contributed by atoms with E-state index in [-0.39, 0.29) is 10.8 Å². The molecule has 1 aromatic rings. The molecule has 3 N–H and O–H groups in total. The molecule has 1 unspecified atom stereocenters. The monoisotopic (exact) mass is 322 g/mol. The standard InChI is InChI=1S/C12H19ClN2O2S2/c1-8(7-18-3)6-15-19(16,17)12-5-10(13)4-11(14)9(12)2/h4-5,8,15H,6-7,14H2,1-3H3. The summed E-state index contributed by atoms with van der Waals surface area (Å²) in [5.41, 5.74) is 6.64. The van der Waals surface area contributed by atoms with Gasteiger partial charge in [-0.15, -0.1) is 0 Å². The lowest BCUT2D eigenvalue weighted by atomic mass is 10.2. The Labute approximate surface area is 124 Å². The molecule has 1 aromatic carbocycles. The van der Waals surface area contributed by atoms with E-state index in [2.05, 4.69) is 4.72 Å². The summed E-state index contributed by atoms with van der Waals surface area (Å²) in [4.78, 5) is 0.147. The highest BCUT2D eigenvalue weighted by atomic mass is 35.5. The van der Waals surface area contributed by atoms with Crippen molar-refractivity contribution in [2.75, 3.05) is 24.3 Å². The summed E-state index contributed by atoms with van der Waals surface area (Å²) in [6.07, 6.45) is 1.99. The summed E-state index contributed by atoms with van der Waals surface area (Å²) in [5, 5.41) is 0.320. The van der Waals surface area contributed by atoms with Crippen LogP contribution in [-0.2, 0) is 10.0 Å². The van der Waals surface area contributed by atoms with Gasteiger partial charge in [-0.2, -0.15) is 11.8 Å². The second-order valence-electron chi connectivity index (χ2n) is 4.53. The Kier molecular flexibility index (Phi) is 5.98. The molecule has 0 saturated carbocycles. The van der Waals surface area contributed by atoms with Gasteiger partial charge in [-0.1, -0.05) is 18.5 Å². The lowest BCUT2D eigenvalue weighted by molar-refractivity contribution is 0.562. The number of anilines is 1. The lowest BCUT2D eigenvalue weighted by Gasteiger charge is -2.14. The fourth-order valence-electron chi connectivity index (χ4n) is 1.63. The lowest BCUT2D eigenvalue weighted by Crippen LogP contribution is -2.29. The molecular weight excluding hydrogens is 304 g/mol. The number of benzene rings is 1. The predicted octanol–water partition coefficient (Wildman–Crippen LogP) is 2.51. The molecule has 4 nitrogen and oxygen atoms in total. The molecule has 0 fully saturated rings. The van der Waals surface area contributed by atoms with Crippen LogP contribution in [0.25, 0.3) is 0 Å². The van der Waals surface area contributed by atoms with Crippen molar-refractivity contribution in [2.24, 2.45) is 5.92 Å². The SMILES string of the molecule is CSCC(C)CNS(=O)(=O)c1cc(Cl)cc(N)c1C. The van der Waals surface area contributed by atoms with Crippen LogP contribution in [0.1, 0.15) is 12.5 Å². The highest BCUT2D eigenvalue weighted by Crippen LogP contribution is 2.25. The van der Waals surface area contributed by atoms with Crippen LogP contribution in [0, 0.1) is 12.8 Å². The number of rotatable bonds is 6. The van der Waals surface area contributed by atoms with Crippen molar-refractivity contribution in [3.05, 3.63) is 22.7 Å². The van der Waals surface area contributed by atoms with Gasteiger partial charge in [0.2, 0.25) is 10.0 Å². The van der Waals surface area contributed by atoms with Gasteiger partial charge >= 0.3 is 0 Å². The maximum absolute atomic E-state index is 12.2. The van der Waals surface area contributed by atoms with Crippen molar-refractivity contribution < 1.29 is 8.42 Å². The van der Waals surface area contributed by atoms with Crippen molar-refractivity contribution >= 4 is 39.1 Å². The first-order chi connectivity index (χ1) is 8.77. The van der Waals surface area contributed by atoms with Crippen molar-refractivity contribution in [1.29, 1.82) is 0 Å². The Morgan fingerprint density at radius 1 is 1.47 bits per heavy atom. The minimum Gasteiger partial charge on any atom is -0.398 e. The average molecular weight is 323 g/mol. The molecule has 7 heteroatoms. The topological polar surface area (TPSA) is 72.2 Å². The average Bonchev–Trinajstić information content (AvgIpc) is 2.31. The first-order valence-electron chi connectivity index (χ1n) is 5.82. The van der Waals surface area contributed by atoms with Gasteiger partial charge in [0.25, 0.3) is 0 Å². The molecule has 0 amide bonds. The fourth-order valence-corrected chi connectivity index (χ4v) is 4.07. The number of halogens is 1. The summed E-state index contributed by atoms with van der Waals surface area (Å²) in [6, 6.07) is 2.97. The van der Waals surface area contributed by atoms with Gasteiger partial charge in [0.1, 0.15) is 0 Å². The molecule has 0 aromatic heterocycles. The number of nitrogens with one attached hydrogen (secondary N) is 1. The van der Waals surface area contributed by atoms with Crippen LogP contribution in [0.15, 0.2) is 17.0 Å². The third kappa shape index (κ3) is 4.56. The Morgan fingerprint density at radius 3 is 2.68 bits per heavy atom. The highest BCUT2D eigenvalue weighted by Gasteiger charge is 2.19. The molecule has 0 saturated heterocycles. The normalized spacial score (nSPS) is 13.5. The van der Waals surface area contributed by atoms with Gasteiger partial charge in [0, 0.05) is 17.3 Å². The zero-order valence-corrected chi connectivity index (χ0v) is 13.6. The molecule has 0 aliphatic heterocycles. The maximum Gasteiger partial charge on any atom is 0.240 e. The summed E-state index contributed by atoms with van der Waals surface area (Å²) in [5.74, 6) is 1.17. The summed E-state index contributed by atoms with van der Waals surface area (Å²) in [6.45, 7) is 4.07. The first-order valence-corrected chi connectivity index (χ1v) is 9.07. The van der Waals surface area contributed by atoms with Crippen molar-refractivity contribution in [1.82, 2.24) is 4.72 Å². The Bertz CT molecular complexity index is 547. The first kappa shape index (κ1) is 16.6. The Morgan fingerprint density at radius 2 is 2.11 bits per heavy atom. The number of hydrogen-bond acceptors (Lipinski definition) is 4. The van der Waals surface area contributed by atoms with E-state index in [0.717, 1.165) is 5.75 Å². The fraction of sp³-hybridized carbons (Fsp3) is 0.500. The number of hydrogen-bond donors (Lipinski definition) is 2. The third-order valence-corrected chi connectivity index (χ3v) is 5.40. The smallest absolute Gasteiger partial charge is 0.240 e. The van der Waals surface area contributed by atoms with Crippen LogP contribution >= 0.6 is 23.4 Å². The van der Waals surface area contributed by atoms with E-state index in [0.29, 0.717) is 22.8 Å². The molecule has 19 heavy (non-hydrogen) atoms. The largest absolute Gasteiger partial charge is 0.398 e. The molecule has 1 atom stereocenters. The minimum absolute atomic E-state index is 0.147. The minimum atomic E-state index is -3.57. The van der Waals surface area contributed by atoms with Gasteiger partial charge in [-0.25, -0.2) is 13.1 Å². The van der Waals surface area contributed by atoms with E-state index >= 15 is 0 Å². The van der Waals surface area contributed by atoms with Crippen LogP contribution in [-0.4, -0.2) is 27.0 Å². The molecule has 0 aliphatic carbocycles. The van der Waals surface area contributed by atoms with E-state index in [1.165, 1.54) is 6.07 Å². The molecule has 0 heterocycles. The second-order valence-corrected chi connectivity index (χ2v) is 7.61. The second kappa shape index (κ2) is 6.83. The maximum atomic E-state index is 12.2. The Hall–Kier alpha value is -0.430. The quantitative estimate of drug-likeness (QED) is 0.789. The van der Waals surface area contributed by atoms with Crippen LogP contribution in [0.4, 0.5) is 5.69 Å². The van der Waals surface area contributed by atoms with Gasteiger partial charge in [0.15, 0.2) is 0 Å². The van der Waals surface area contributed by atoms with Gasteiger partial charge in [-0.3, -0.25) is 0 Å². The number of sulfonamides is 1. The molecule has 1 rings (SSSR count). The highest BCUT2D eigenvalue weighted by molar-refractivity contribution is 7.98. The molecule has 0 bridgehead atoms. The molecule has 108 valence electrons. The number of thioether (sulfide) groups is 1. The zero-order valence-electron chi connectivity index (χ0n) is 11.2. The molecule has 0 radical (unpaired) electrons. The number of nitrogens with two attached hydrogens (primary N) is 1. The van der Waals surface area contributed by atoms with E-state index in [1.807, 2.05) is 13.2 Å². The molecule has 0 aliphatic rings. The van der Waals surface area contributed by atoms with Crippen LogP contribution < -0.4 is 10.5 Å². The number of nitrogen functional groups attached to an aromatic ring is 1. The zero-order chi connectivity index (χ0) is 14.6. The summed E-state index contributed by atoms with van der Waals surface area (Å²) < 4.78 is 27.1. The molecular formula is C12H19ClN2O2S2. The van der Waals surface area contributed by atoms with E-state index in [1.54, 1.807) is 24.8 Å². The van der Waals surface area contributed by atoms with Crippen LogP contribution in [0.3, 0.4) is 0 Å². The van der Waals surface area contributed by atoms with Gasteiger partial charge < -0.3 is 5.73 Å². The Balaban J connectivity index is 2.95. The third-order valence-electron chi connectivity index (χ3n) is 2.73. The van der Waals surface area contributed by atoms with E-state index in [9.17, 15) is 8.42 Å². The molecule has 0 spiro atoms. The van der Waals surface area contributed by atoms with Crippen molar-refractivity contribution in [3.63, 3.8) is 0 Å². The van der Waals surface area contributed by atoms with Crippen LogP contribution in [0.2, 0.25) is 5.02 Å².